The number of phosphoric acid groups is 1. The van der Waals surface area contributed by atoms with E-state index in [0.29, 0.717) is 23.9 Å². The van der Waals surface area contributed by atoms with Crippen LogP contribution in [0.25, 0.3) is 0 Å². The van der Waals surface area contributed by atoms with Gasteiger partial charge in [-0.3, -0.25) is 14.2 Å². The number of esters is 2. The Hall–Kier alpha value is -2.81. The molecule has 0 aliphatic rings. The van der Waals surface area contributed by atoms with Crippen molar-refractivity contribution in [3.05, 3.63) is 85.1 Å². The summed E-state index contributed by atoms with van der Waals surface area (Å²) in [5, 5.41) is 0. The van der Waals surface area contributed by atoms with E-state index in [-0.39, 0.29) is 26.1 Å². The van der Waals surface area contributed by atoms with Gasteiger partial charge in [0.05, 0.1) is 27.7 Å². The summed E-state index contributed by atoms with van der Waals surface area (Å²) >= 11 is 0. The molecule has 10 heteroatoms. The van der Waals surface area contributed by atoms with Crippen molar-refractivity contribution in [2.75, 3.05) is 47.5 Å². The number of hydrogen-bond acceptors (Lipinski definition) is 8. The lowest BCUT2D eigenvalue weighted by Crippen LogP contribution is -2.37. The molecule has 2 atom stereocenters. The zero-order valence-electron chi connectivity index (χ0n) is 45.7. The fourth-order valence-electron chi connectivity index (χ4n) is 7.55. The maximum absolute atomic E-state index is 12.7. The third-order valence-electron chi connectivity index (χ3n) is 11.9. The molecule has 0 amide bonds. The molecule has 0 rings (SSSR count). The third kappa shape index (κ3) is 54.5. The number of carbonyl (C=O) groups excluding carboxylic acids is 2. The van der Waals surface area contributed by atoms with Gasteiger partial charge in [-0.15, -0.1) is 0 Å². The van der Waals surface area contributed by atoms with Gasteiger partial charge in [0.2, 0.25) is 0 Å². The van der Waals surface area contributed by atoms with Gasteiger partial charge < -0.3 is 27.9 Å². The molecule has 0 aliphatic carbocycles. The average Bonchev–Trinajstić information content (AvgIpc) is 3.32. The molecule has 0 fully saturated rings. The highest BCUT2D eigenvalue weighted by molar-refractivity contribution is 7.45. The Balaban J connectivity index is 4.16. The molecule has 0 spiro atoms. The van der Waals surface area contributed by atoms with E-state index in [4.69, 9.17) is 18.5 Å². The number of nitrogens with zero attached hydrogens (tertiary/aromatic N) is 1. The first-order valence-electron chi connectivity index (χ1n) is 28.3. The van der Waals surface area contributed by atoms with Crippen LogP contribution in [0.1, 0.15) is 232 Å². The predicted octanol–water partition coefficient (Wildman–Crippen LogP) is 16.8. The summed E-state index contributed by atoms with van der Waals surface area (Å²) in [5.41, 5.74) is 0. The van der Waals surface area contributed by atoms with Crippen LogP contribution in [-0.2, 0) is 32.7 Å². The van der Waals surface area contributed by atoms with Gasteiger partial charge >= 0.3 is 11.9 Å². The first kappa shape index (κ1) is 67.2. The van der Waals surface area contributed by atoms with Crippen LogP contribution in [0.2, 0.25) is 0 Å². The van der Waals surface area contributed by atoms with Gasteiger partial charge in [0.1, 0.15) is 19.8 Å². The second-order valence-corrected chi connectivity index (χ2v) is 21.3. The highest BCUT2D eigenvalue weighted by Gasteiger charge is 2.21. The van der Waals surface area contributed by atoms with Crippen molar-refractivity contribution >= 4 is 19.8 Å². The second-order valence-electron chi connectivity index (χ2n) is 19.9. The van der Waals surface area contributed by atoms with Gasteiger partial charge in [-0.05, 0) is 83.5 Å². The summed E-state index contributed by atoms with van der Waals surface area (Å²) < 4.78 is 34.0. The fourth-order valence-corrected chi connectivity index (χ4v) is 8.27. The molecular weight excluding hydrogens is 894 g/mol. The Kier molecular flexibility index (Phi) is 49.1. The van der Waals surface area contributed by atoms with Crippen molar-refractivity contribution in [1.29, 1.82) is 0 Å². The minimum absolute atomic E-state index is 0.0446. The monoisotopic (exact) mass is 1000 g/mol. The Morgan fingerprint density at radius 3 is 1.26 bits per heavy atom. The highest BCUT2D eigenvalue weighted by Crippen LogP contribution is 2.38. The zero-order valence-corrected chi connectivity index (χ0v) is 46.6. The Bertz CT molecular complexity index is 1460. The van der Waals surface area contributed by atoms with Crippen molar-refractivity contribution in [2.24, 2.45) is 0 Å². The Morgan fingerprint density at radius 2 is 0.829 bits per heavy atom. The summed E-state index contributed by atoms with van der Waals surface area (Å²) in [7, 11) is 1.12. The molecule has 0 aromatic carbocycles. The molecular formula is C60H106NO8P. The Labute approximate surface area is 431 Å². The minimum atomic E-state index is -4.65. The van der Waals surface area contributed by atoms with Gasteiger partial charge in [0.25, 0.3) is 7.82 Å². The van der Waals surface area contributed by atoms with E-state index in [2.05, 4.69) is 92.8 Å². The van der Waals surface area contributed by atoms with Crippen LogP contribution >= 0.6 is 7.82 Å². The lowest BCUT2D eigenvalue weighted by atomic mass is 10.0. The average molecular weight is 1000 g/mol. The van der Waals surface area contributed by atoms with E-state index in [9.17, 15) is 19.0 Å². The molecule has 0 radical (unpaired) electrons. The van der Waals surface area contributed by atoms with Crippen molar-refractivity contribution in [3.63, 3.8) is 0 Å². The summed E-state index contributed by atoms with van der Waals surface area (Å²) in [6.45, 7) is 4.05. The van der Waals surface area contributed by atoms with E-state index >= 15 is 0 Å². The summed E-state index contributed by atoms with van der Waals surface area (Å²) in [6, 6.07) is 0. The third-order valence-corrected chi connectivity index (χ3v) is 12.9. The molecule has 0 saturated heterocycles. The first-order chi connectivity index (χ1) is 34.0. The van der Waals surface area contributed by atoms with Crippen LogP contribution in [0.3, 0.4) is 0 Å². The number of hydrogen-bond donors (Lipinski definition) is 0. The molecule has 0 bridgehead atoms. The number of quaternary nitrogens is 1. The van der Waals surface area contributed by atoms with E-state index in [1.165, 1.54) is 135 Å². The van der Waals surface area contributed by atoms with Crippen LogP contribution in [-0.4, -0.2) is 70.0 Å². The minimum Gasteiger partial charge on any atom is -0.756 e. The van der Waals surface area contributed by atoms with Crippen LogP contribution < -0.4 is 4.89 Å². The van der Waals surface area contributed by atoms with Gasteiger partial charge in [-0.2, -0.15) is 0 Å². The molecule has 0 saturated carbocycles. The Morgan fingerprint density at radius 1 is 0.457 bits per heavy atom. The van der Waals surface area contributed by atoms with E-state index in [0.717, 1.165) is 57.8 Å². The zero-order chi connectivity index (χ0) is 51.3. The van der Waals surface area contributed by atoms with Crippen molar-refractivity contribution < 1.29 is 42.1 Å². The summed E-state index contributed by atoms with van der Waals surface area (Å²) in [4.78, 5) is 37.8. The van der Waals surface area contributed by atoms with Crippen molar-refractivity contribution in [1.82, 2.24) is 0 Å². The topological polar surface area (TPSA) is 111 Å². The molecule has 70 heavy (non-hydrogen) atoms. The van der Waals surface area contributed by atoms with Crippen LogP contribution in [0.4, 0.5) is 0 Å². The van der Waals surface area contributed by atoms with Crippen molar-refractivity contribution in [2.45, 2.75) is 238 Å². The largest absolute Gasteiger partial charge is 0.756 e. The number of carbonyl (C=O) groups is 2. The maximum Gasteiger partial charge on any atom is 0.306 e. The molecule has 0 aromatic rings. The normalized spacial score (nSPS) is 14.0. The van der Waals surface area contributed by atoms with Crippen LogP contribution in [0.5, 0.6) is 0 Å². The van der Waals surface area contributed by atoms with Gasteiger partial charge in [0, 0.05) is 12.8 Å². The van der Waals surface area contributed by atoms with Crippen molar-refractivity contribution in [3.8, 4) is 0 Å². The molecule has 2 unspecified atom stereocenters. The summed E-state index contributed by atoms with van der Waals surface area (Å²) in [6.07, 6.45) is 67.9. The quantitative estimate of drug-likeness (QED) is 0.0195. The number of likely N-dealkylation sites (N-methyl/N-ethyl adjacent to an activating group) is 1. The van der Waals surface area contributed by atoms with E-state index in [1.807, 2.05) is 27.2 Å². The number of allylic oxidation sites excluding steroid dienone is 14. The number of rotatable bonds is 51. The summed E-state index contributed by atoms with van der Waals surface area (Å²) in [5.74, 6) is -0.901. The molecule has 9 nitrogen and oxygen atoms in total. The molecule has 0 N–H and O–H groups in total. The van der Waals surface area contributed by atoms with Gasteiger partial charge in [-0.1, -0.05) is 221 Å². The second kappa shape index (κ2) is 51.1. The standard InChI is InChI=1S/C60H106NO8P/c1-6-8-10-12-14-16-18-20-22-24-25-26-27-28-29-30-31-32-33-34-35-37-38-40-42-44-46-48-50-52-59(62)66-56-58(57-68-70(64,65)67-55-54-61(3,4)5)69-60(63)53-51-49-47-45-43-41-39-36-23-21-19-17-15-13-11-9-7-2/h9,11,15,17-18,20-21,23-25,39,41,45,47,58H,6-8,10,12-14,16,19,22,26-38,40,42-44,46,48-57H2,1-5H3/b11-9-,17-15-,20-18-,23-21-,25-24-,41-39-,47-45-. The maximum atomic E-state index is 12.7. The fraction of sp³-hybridized carbons (Fsp3) is 0.733. The van der Waals surface area contributed by atoms with E-state index in [1.54, 1.807) is 0 Å². The van der Waals surface area contributed by atoms with Gasteiger partial charge in [-0.25, -0.2) is 0 Å². The predicted molar refractivity (Wildman–Crippen MR) is 296 cm³/mol. The molecule has 0 aromatic heterocycles. The molecule has 0 heterocycles. The van der Waals surface area contributed by atoms with Crippen LogP contribution in [0, 0.1) is 0 Å². The lowest BCUT2D eigenvalue weighted by molar-refractivity contribution is -0.870. The van der Waals surface area contributed by atoms with Gasteiger partial charge in [0.15, 0.2) is 6.10 Å². The highest BCUT2D eigenvalue weighted by atomic mass is 31.2. The number of phosphoric ester groups is 1. The molecule has 0 aliphatic heterocycles. The molecule has 404 valence electrons. The first-order valence-corrected chi connectivity index (χ1v) is 29.8. The SMILES string of the molecule is CC/C=C\C/C=C\C/C=C\C/C=C\C/C=C\CCCC(=O)OC(COC(=O)CCCCCCCCCCCCCCCCCCC/C=C\C/C=C\CCCCCCC)COP(=O)([O-])OCC[N+](C)(C)C. The smallest absolute Gasteiger partial charge is 0.306 e. The van der Waals surface area contributed by atoms with E-state index < -0.39 is 32.5 Å². The number of unbranched alkanes of at least 4 members (excludes halogenated alkanes) is 23. The van der Waals surface area contributed by atoms with Crippen LogP contribution in [0.15, 0.2) is 85.1 Å². The lowest BCUT2D eigenvalue weighted by Gasteiger charge is -2.28. The number of ether oxygens (including phenoxy) is 2.